The molecule has 1 atom stereocenters. The maximum Gasteiger partial charge on any atom is 0.318 e. The quantitative estimate of drug-likeness (QED) is 0.834. The summed E-state index contributed by atoms with van der Waals surface area (Å²) in [6.07, 6.45) is 2.01. The molecule has 3 N–H and O–H groups in total. The number of likely N-dealkylation sites (tertiary alicyclic amines) is 1. The first-order valence-electron chi connectivity index (χ1n) is 7.27. The molecule has 0 saturated carbocycles. The van der Waals surface area contributed by atoms with Gasteiger partial charge in [0.25, 0.3) is 0 Å². The molecule has 1 heterocycles. The van der Waals surface area contributed by atoms with Gasteiger partial charge >= 0.3 is 6.03 Å². The topological polar surface area (TPSA) is 84.7 Å². The number of hydrogen-bond acceptors (Lipinski definition) is 4. The van der Waals surface area contributed by atoms with E-state index in [-0.39, 0.29) is 18.4 Å². The van der Waals surface area contributed by atoms with Crippen LogP contribution in [0.4, 0.5) is 4.79 Å². The number of nitrogens with two attached hydrogens (primary N) is 1. The van der Waals surface area contributed by atoms with Gasteiger partial charge in [0.2, 0.25) is 5.91 Å². The Morgan fingerprint density at radius 1 is 1.41 bits per heavy atom. The minimum atomic E-state index is -0.806. The lowest BCUT2D eigenvalue weighted by Crippen LogP contribution is -2.35. The molecule has 2 rings (SSSR count). The highest BCUT2D eigenvalue weighted by atomic mass is 35.5. The molecule has 1 saturated heterocycles. The lowest BCUT2D eigenvalue weighted by molar-refractivity contribution is -0.120. The Balaban J connectivity index is 1.69. The number of hydrogen-bond donors (Lipinski definition) is 2. The maximum absolute atomic E-state index is 11.3. The summed E-state index contributed by atoms with van der Waals surface area (Å²) >= 11 is 6.08. The smallest absolute Gasteiger partial charge is 0.318 e. The van der Waals surface area contributed by atoms with Crippen LogP contribution in [0.2, 0.25) is 5.02 Å². The lowest BCUT2D eigenvalue weighted by Gasteiger charge is -2.17. The van der Waals surface area contributed by atoms with E-state index in [0.717, 1.165) is 26.1 Å². The van der Waals surface area contributed by atoms with Crippen molar-refractivity contribution >= 4 is 23.5 Å². The van der Waals surface area contributed by atoms with Crippen LogP contribution in [0, 0.1) is 0 Å². The fourth-order valence-electron chi connectivity index (χ4n) is 2.48. The number of primary amides is 1. The van der Waals surface area contributed by atoms with Crippen LogP contribution in [0.3, 0.4) is 0 Å². The Morgan fingerprint density at radius 3 is 2.91 bits per heavy atom. The predicted molar refractivity (Wildman–Crippen MR) is 83.9 cm³/mol. The van der Waals surface area contributed by atoms with Crippen LogP contribution in [-0.2, 0) is 4.79 Å². The number of rotatable bonds is 6. The molecule has 3 amide bonds. The summed E-state index contributed by atoms with van der Waals surface area (Å²) in [4.78, 5) is 24.1. The van der Waals surface area contributed by atoms with Gasteiger partial charge < -0.3 is 10.5 Å². The van der Waals surface area contributed by atoms with Crippen molar-refractivity contribution in [3.63, 3.8) is 0 Å². The molecule has 1 aromatic rings. The Morgan fingerprint density at radius 2 is 2.18 bits per heavy atom. The number of urea groups is 1. The molecule has 6 nitrogen and oxygen atoms in total. The van der Waals surface area contributed by atoms with E-state index in [0.29, 0.717) is 17.2 Å². The fourth-order valence-corrected chi connectivity index (χ4v) is 2.66. The summed E-state index contributed by atoms with van der Waals surface area (Å²) in [6.45, 7) is 2.52. The van der Waals surface area contributed by atoms with Gasteiger partial charge in [0.05, 0.1) is 5.02 Å². The number of amides is 3. The zero-order valence-corrected chi connectivity index (χ0v) is 13.0. The number of benzene rings is 1. The third-order valence-corrected chi connectivity index (χ3v) is 3.81. The van der Waals surface area contributed by atoms with Crippen LogP contribution in [0.15, 0.2) is 24.3 Å². The van der Waals surface area contributed by atoms with Crippen molar-refractivity contribution in [1.82, 2.24) is 10.2 Å². The molecular formula is C15H20ClN3O3. The van der Waals surface area contributed by atoms with E-state index in [4.69, 9.17) is 22.1 Å². The average Bonchev–Trinajstić information content (AvgIpc) is 2.88. The maximum atomic E-state index is 11.3. The molecule has 1 aromatic carbocycles. The molecular weight excluding hydrogens is 306 g/mol. The number of para-hydroxylation sites is 1. The Hall–Kier alpha value is -1.79. The van der Waals surface area contributed by atoms with Crippen molar-refractivity contribution in [3.8, 4) is 5.75 Å². The molecule has 22 heavy (non-hydrogen) atoms. The first kappa shape index (κ1) is 16.6. The number of halogens is 1. The van der Waals surface area contributed by atoms with Crippen LogP contribution < -0.4 is 15.8 Å². The SMILES string of the molecule is NC(=O)NC(=O)CCCN1CCC(Oc2ccccc2Cl)C1. The summed E-state index contributed by atoms with van der Waals surface area (Å²) in [5.41, 5.74) is 4.88. The van der Waals surface area contributed by atoms with E-state index >= 15 is 0 Å². The van der Waals surface area contributed by atoms with Gasteiger partial charge in [-0.25, -0.2) is 4.79 Å². The van der Waals surface area contributed by atoms with E-state index in [1.807, 2.05) is 18.2 Å². The number of imide groups is 1. The molecule has 0 aliphatic carbocycles. The van der Waals surface area contributed by atoms with Gasteiger partial charge in [0.15, 0.2) is 0 Å². The van der Waals surface area contributed by atoms with Gasteiger partial charge in [-0.3, -0.25) is 15.0 Å². The van der Waals surface area contributed by atoms with Crippen LogP contribution in [0.1, 0.15) is 19.3 Å². The van der Waals surface area contributed by atoms with Crippen LogP contribution in [0.25, 0.3) is 0 Å². The van der Waals surface area contributed by atoms with Crippen molar-refractivity contribution < 1.29 is 14.3 Å². The highest BCUT2D eigenvalue weighted by Gasteiger charge is 2.24. The predicted octanol–water partition coefficient (Wildman–Crippen LogP) is 1.77. The number of carbonyl (C=O) groups is 2. The second-order valence-corrected chi connectivity index (χ2v) is 5.68. The zero-order chi connectivity index (χ0) is 15.9. The minimum absolute atomic E-state index is 0.111. The second kappa shape index (κ2) is 8.00. The first-order chi connectivity index (χ1) is 10.5. The molecule has 1 aliphatic rings. The third-order valence-electron chi connectivity index (χ3n) is 3.50. The number of nitrogens with zero attached hydrogens (tertiary/aromatic N) is 1. The average molecular weight is 326 g/mol. The van der Waals surface area contributed by atoms with Crippen molar-refractivity contribution in [2.75, 3.05) is 19.6 Å². The van der Waals surface area contributed by atoms with E-state index in [1.165, 1.54) is 0 Å². The van der Waals surface area contributed by atoms with E-state index < -0.39 is 6.03 Å². The number of ether oxygens (including phenoxy) is 1. The second-order valence-electron chi connectivity index (χ2n) is 5.28. The molecule has 7 heteroatoms. The van der Waals surface area contributed by atoms with Gasteiger partial charge in [0, 0.05) is 19.5 Å². The Bertz CT molecular complexity index is 539. The number of carbonyl (C=O) groups excluding carboxylic acids is 2. The first-order valence-corrected chi connectivity index (χ1v) is 7.65. The van der Waals surface area contributed by atoms with Crippen LogP contribution in [-0.4, -0.2) is 42.6 Å². The van der Waals surface area contributed by atoms with Crippen molar-refractivity contribution in [2.24, 2.45) is 5.73 Å². The highest BCUT2D eigenvalue weighted by Crippen LogP contribution is 2.26. The lowest BCUT2D eigenvalue weighted by atomic mass is 10.3. The van der Waals surface area contributed by atoms with E-state index in [1.54, 1.807) is 6.07 Å². The summed E-state index contributed by atoms with van der Waals surface area (Å²) < 4.78 is 5.90. The van der Waals surface area contributed by atoms with E-state index in [2.05, 4.69) is 10.2 Å². The van der Waals surface area contributed by atoms with E-state index in [9.17, 15) is 9.59 Å². The number of nitrogens with one attached hydrogen (secondary N) is 1. The fraction of sp³-hybridized carbons (Fsp3) is 0.467. The molecule has 0 bridgehead atoms. The standard InChI is InChI=1S/C15H20ClN3O3/c16-12-4-1-2-5-13(12)22-11-7-9-19(10-11)8-3-6-14(20)18-15(17)21/h1-2,4-5,11H,3,6-10H2,(H3,17,18,20,21). The molecule has 0 spiro atoms. The summed E-state index contributed by atoms with van der Waals surface area (Å²) in [7, 11) is 0. The Kier molecular flexibility index (Phi) is 6.03. The third kappa shape index (κ3) is 5.20. The largest absolute Gasteiger partial charge is 0.487 e. The molecule has 0 aromatic heterocycles. The monoisotopic (exact) mass is 325 g/mol. The Labute approximate surface area is 134 Å². The summed E-state index contributed by atoms with van der Waals surface area (Å²) in [5.74, 6) is 0.368. The van der Waals surface area contributed by atoms with Gasteiger partial charge in [-0.05, 0) is 31.5 Å². The normalized spacial score (nSPS) is 18.1. The molecule has 0 radical (unpaired) electrons. The van der Waals surface area contributed by atoms with Gasteiger partial charge in [-0.2, -0.15) is 0 Å². The van der Waals surface area contributed by atoms with Gasteiger partial charge in [-0.1, -0.05) is 23.7 Å². The zero-order valence-electron chi connectivity index (χ0n) is 12.3. The van der Waals surface area contributed by atoms with Crippen molar-refractivity contribution in [1.29, 1.82) is 0 Å². The van der Waals surface area contributed by atoms with Crippen LogP contribution in [0.5, 0.6) is 5.75 Å². The molecule has 1 fully saturated rings. The molecule has 120 valence electrons. The molecule has 1 unspecified atom stereocenters. The van der Waals surface area contributed by atoms with Gasteiger partial charge in [-0.15, -0.1) is 0 Å². The highest BCUT2D eigenvalue weighted by molar-refractivity contribution is 6.32. The van der Waals surface area contributed by atoms with Crippen LogP contribution >= 0.6 is 11.6 Å². The van der Waals surface area contributed by atoms with Crippen molar-refractivity contribution in [2.45, 2.75) is 25.4 Å². The minimum Gasteiger partial charge on any atom is -0.487 e. The molecule has 1 aliphatic heterocycles. The van der Waals surface area contributed by atoms with Gasteiger partial charge in [0.1, 0.15) is 11.9 Å². The summed E-state index contributed by atoms with van der Waals surface area (Å²) in [6, 6.07) is 6.62. The summed E-state index contributed by atoms with van der Waals surface area (Å²) in [5, 5.41) is 2.67. The van der Waals surface area contributed by atoms with Crippen molar-refractivity contribution in [3.05, 3.63) is 29.3 Å².